The summed E-state index contributed by atoms with van der Waals surface area (Å²) in [5, 5.41) is 5.72. The number of hydrogen-bond donors (Lipinski definition) is 1. The molecule has 4 nitrogen and oxygen atoms in total. The van der Waals surface area contributed by atoms with Gasteiger partial charge in [0.2, 0.25) is 5.91 Å². The summed E-state index contributed by atoms with van der Waals surface area (Å²) in [4.78, 5) is 16.0. The highest BCUT2D eigenvalue weighted by atomic mass is 32.1. The highest BCUT2D eigenvalue weighted by molar-refractivity contribution is 7.09. The summed E-state index contributed by atoms with van der Waals surface area (Å²) in [7, 11) is 1.62. The van der Waals surface area contributed by atoms with E-state index in [1.165, 1.54) is 6.08 Å². The Labute approximate surface area is 122 Å². The highest BCUT2D eigenvalue weighted by Crippen LogP contribution is 2.16. The first-order valence-electron chi connectivity index (χ1n) is 6.19. The van der Waals surface area contributed by atoms with E-state index in [1.807, 2.05) is 36.6 Å². The van der Waals surface area contributed by atoms with Crippen LogP contribution in [0, 0.1) is 6.92 Å². The molecule has 0 saturated heterocycles. The first-order valence-corrected chi connectivity index (χ1v) is 7.07. The normalized spacial score (nSPS) is 10.7. The predicted octanol–water partition coefficient (Wildman–Crippen LogP) is 2.79. The summed E-state index contributed by atoms with van der Waals surface area (Å²) in [6.45, 7) is 2.37. The molecule has 20 heavy (non-hydrogen) atoms. The van der Waals surface area contributed by atoms with Gasteiger partial charge in [0.1, 0.15) is 5.75 Å². The van der Waals surface area contributed by atoms with Gasteiger partial charge in [-0.15, -0.1) is 11.3 Å². The van der Waals surface area contributed by atoms with E-state index in [9.17, 15) is 4.79 Å². The summed E-state index contributed by atoms with van der Waals surface area (Å²) in [6, 6.07) is 7.61. The Morgan fingerprint density at radius 2 is 2.25 bits per heavy atom. The molecule has 2 aromatic rings. The average Bonchev–Trinajstić information content (AvgIpc) is 2.89. The van der Waals surface area contributed by atoms with Crippen molar-refractivity contribution in [3.8, 4) is 5.75 Å². The lowest BCUT2D eigenvalue weighted by atomic mass is 10.2. The fraction of sp³-hybridized carbons (Fsp3) is 0.200. The molecule has 1 amide bonds. The van der Waals surface area contributed by atoms with Gasteiger partial charge in [-0.1, -0.05) is 18.2 Å². The molecule has 1 heterocycles. The predicted molar refractivity (Wildman–Crippen MR) is 80.7 cm³/mol. The lowest BCUT2D eigenvalue weighted by molar-refractivity contribution is -0.116. The molecule has 1 N–H and O–H groups in total. The van der Waals surface area contributed by atoms with Gasteiger partial charge in [0.15, 0.2) is 0 Å². The number of hydrogen-bond acceptors (Lipinski definition) is 4. The number of nitrogens with one attached hydrogen (secondary N) is 1. The first kappa shape index (κ1) is 14.3. The molecule has 0 radical (unpaired) electrons. The zero-order valence-corrected chi connectivity index (χ0v) is 12.2. The summed E-state index contributed by atoms with van der Waals surface area (Å²) in [6.07, 6.45) is 3.20. The van der Waals surface area contributed by atoms with E-state index >= 15 is 0 Å². The maximum Gasteiger partial charge on any atom is 0.244 e. The maximum atomic E-state index is 11.7. The topological polar surface area (TPSA) is 51.2 Å². The second-order valence-corrected chi connectivity index (χ2v) is 5.22. The minimum absolute atomic E-state index is 0.151. The van der Waals surface area contributed by atoms with Crippen molar-refractivity contribution in [1.29, 1.82) is 0 Å². The summed E-state index contributed by atoms with van der Waals surface area (Å²) >= 11 is 1.56. The zero-order chi connectivity index (χ0) is 14.4. The Bertz CT molecular complexity index is 620. The quantitative estimate of drug-likeness (QED) is 0.861. The molecule has 0 aliphatic rings. The van der Waals surface area contributed by atoms with Crippen LogP contribution in [-0.2, 0) is 11.3 Å². The molecule has 1 aromatic carbocycles. The van der Waals surface area contributed by atoms with Gasteiger partial charge in [-0.25, -0.2) is 4.98 Å². The van der Waals surface area contributed by atoms with Gasteiger partial charge in [-0.05, 0) is 19.1 Å². The van der Waals surface area contributed by atoms with Crippen molar-refractivity contribution in [2.75, 3.05) is 7.11 Å². The van der Waals surface area contributed by atoms with Gasteiger partial charge < -0.3 is 10.1 Å². The minimum Gasteiger partial charge on any atom is -0.496 e. The van der Waals surface area contributed by atoms with Crippen molar-refractivity contribution in [2.24, 2.45) is 0 Å². The van der Waals surface area contributed by atoms with Crippen LogP contribution in [0.5, 0.6) is 5.75 Å². The Balaban J connectivity index is 1.90. The molecule has 0 unspecified atom stereocenters. The van der Waals surface area contributed by atoms with Crippen molar-refractivity contribution >= 4 is 23.3 Å². The van der Waals surface area contributed by atoms with E-state index in [2.05, 4.69) is 10.3 Å². The number of carbonyl (C=O) groups is 1. The highest BCUT2D eigenvalue weighted by Gasteiger charge is 2.03. The molecule has 0 spiro atoms. The first-order chi connectivity index (χ1) is 9.69. The Hall–Kier alpha value is -2.14. The van der Waals surface area contributed by atoms with Crippen LogP contribution < -0.4 is 10.1 Å². The van der Waals surface area contributed by atoms with E-state index in [4.69, 9.17) is 4.74 Å². The SMILES string of the molecule is COc1ccccc1CNC(=O)/C=C/c1csc(C)n1. The number of amides is 1. The standard InChI is InChI=1S/C15H16N2O2S/c1-11-17-13(10-20-11)7-8-15(18)16-9-12-5-3-4-6-14(12)19-2/h3-8,10H,9H2,1-2H3,(H,16,18)/b8-7+. The number of aromatic nitrogens is 1. The number of benzene rings is 1. The fourth-order valence-corrected chi connectivity index (χ4v) is 2.29. The smallest absolute Gasteiger partial charge is 0.244 e. The van der Waals surface area contributed by atoms with Crippen LogP contribution in [-0.4, -0.2) is 18.0 Å². The number of nitrogens with zero attached hydrogens (tertiary/aromatic N) is 1. The molecule has 104 valence electrons. The number of ether oxygens (including phenoxy) is 1. The van der Waals surface area contributed by atoms with E-state index < -0.39 is 0 Å². The molecule has 0 aliphatic carbocycles. The maximum absolute atomic E-state index is 11.7. The number of carbonyl (C=O) groups excluding carboxylic acids is 1. The molecule has 0 fully saturated rings. The lowest BCUT2D eigenvalue weighted by Gasteiger charge is -2.08. The zero-order valence-electron chi connectivity index (χ0n) is 11.4. The van der Waals surface area contributed by atoms with Crippen LogP contribution >= 0.6 is 11.3 Å². The third-order valence-corrected chi connectivity index (χ3v) is 3.48. The fourth-order valence-electron chi connectivity index (χ4n) is 1.71. The Morgan fingerprint density at radius 3 is 2.95 bits per heavy atom. The van der Waals surface area contributed by atoms with E-state index in [-0.39, 0.29) is 5.91 Å². The van der Waals surface area contributed by atoms with Crippen LogP contribution in [0.4, 0.5) is 0 Å². The third kappa shape index (κ3) is 3.93. The molecule has 0 aliphatic heterocycles. The number of para-hydroxylation sites is 1. The van der Waals surface area contributed by atoms with Gasteiger partial charge in [-0.3, -0.25) is 4.79 Å². The van der Waals surface area contributed by atoms with Crippen LogP contribution in [0.3, 0.4) is 0 Å². The largest absolute Gasteiger partial charge is 0.496 e. The van der Waals surface area contributed by atoms with Crippen molar-refractivity contribution in [1.82, 2.24) is 10.3 Å². The summed E-state index contributed by atoms with van der Waals surface area (Å²) in [5.74, 6) is 0.619. The second-order valence-electron chi connectivity index (χ2n) is 4.15. The molecular formula is C15H16N2O2S. The molecule has 0 saturated carbocycles. The van der Waals surface area contributed by atoms with Gasteiger partial charge in [0.05, 0.1) is 17.8 Å². The summed E-state index contributed by atoms with van der Waals surface area (Å²) < 4.78 is 5.23. The van der Waals surface area contributed by atoms with Gasteiger partial charge in [-0.2, -0.15) is 0 Å². The number of methoxy groups -OCH3 is 1. The Morgan fingerprint density at radius 1 is 1.45 bits per heavy atom. The van der Waals surface area contributed by atoms with E-state index in [0.717, 1.165) is 22.0 Å². The molecule has 0 bridgehead atoms. The number of aryl methyl sites for hydroxylation is 1. The van der Waals surface area contributed by atoms with Crippen LogP contribution in [0.2, 0.25) is 0 Å². The van der Waals surface area contributed by atoms with E-state index in [1.54, 1.807) is 24.5 Å². The molecule has 2 rings (SSSR count). The Kier molecular flexibility index (Phi) is 4.90. The number of thiazole rings is 1. The summed E-state index contributed by atoms with van der Waals surface area (Å²) in [5.41, 5.74) is 1.75. The monoisotopic (exact) mass is 288 g/mol. The molecular weight excluding hydrogens is 272 g/mol. The van der Waals surface area contributed by atoms with Crippen molar-refractivity contribution < 1.29 is 9.53 Å². The van der Waals surface area contributed by atoms with Crippen LogP contribution in [0.15, 0.2) is 35.7 Å². The van der Waals surface area contributed by atoms with Gasteiger partial charge in [0.25, 0.3) is 0 Å². The van der Waals surface area contributed by atoms with Crippen molar-refractivity contribution in [3.05, 3.63) is 52.0 Å². The van der Waals surface area contributed by atoms with Gasteiger partial charge >= 0.3 is 0 Å². The van der Waals surface area contributed by atoms with Crippen LogP contribution in [0.1, 0.15) is 16.3 Å². The van der Waals surface area contributed by atoms with Gasteiger partial charge in [0, 0.05) is 23.6 Å². The number of rotatable bonds is 5. The molecule has 0 atom stereocenters. The van der Waals surface area contributed by atoms with Crippen LogP contribution in [0.25, 0.3) is 6.08 Å². The van der Waals surface area contributed by atoms with Crippen molar-refractivity contribution in [3.63, 3.8) is 0 Å². The van der Waals surface area contributed by atoms with Crippen molar-refractivity contribution in [2.45, 2.75) is 13.5 Å². The average molecular weight is 288 g/mol. The minimum atomic E-state index is -0.151. The molecule has 5 heteroatoms. The van der Waals surface area contributed by atoms with E-state index in [0.29, 0.717) is 6.54 Å². The third-order valence-electron chi connectivity index (χ3n) is 2.69. The molecule has 1 aromatic heterocycles. The lowest BCUT2D eigenvalue weighted by Crippen LogP contribution is -2.20. The second kappa shape index (κ2) is 6.86.